The summed E-state index contributed by atoms with van der Waals surface area (Å²) in [6.07, 6.45) is -4.38. The van der Waals surface area contributed by atoms with Gasteiger partial charge in [0, 0.05) is 10.7 Å². The molecule has 0 unspecified atom stereocenters. The average Bonchev–Trinajstić information content (AvgIpc) is 2.49. The Balaban J connectivity index is 1.93. The molecule has 0 spiro atoms. The van der Waals surface area contributed by atoms with Gasteiger partial charge in [-0.25, -0.2) is 0 Å². The third kappa shape index (κ3) is 5.50. The van der Waals surface area contributed by atoms with Crippen molar-refractivity contribution in [2.24, 2.45) is 0 Å². The zero-order chi connectivity index (χ0) is 17.7. The van der Waals surface area contributed by atoms with E-state index < -0.39 is 11.7 Å². The smallest absolute Gasteiger partial charge is 0.332 e. The Morgan fingerprint density at radius 1 is 1.12 bits per heavy atom. The molecule has 0 saturated carbocycles. The first-order chi connectivity index (χ1) is 11.2. The summed E-state index contributed by atoms with van der Waals surface area (Å²) in [6, 6.07) is 11.3. The number of halogens is 4. The predicted octanol–water partition coefficient (Wildman–Crippen LogP) is 4.41. The topological polar surface area (TPSA) is 41.1 Å². The van der Waals surface area contributed by atoms with E-state index in [1.165, 1.54) is 12.1 Å². The molecule has 0 bridgehead atoms. The molecular formula is C16H12ClF3N2OS. The highest BCUT2D eigenvalue weighted by Gasteiger charge is 2.30. The van der Waals surface area contributed by atoms with Crippen molar-refractivity contribution in [3.63, 3.8) is 0 Å². The molecule has 8 heteroatoms. The molecule has 0 heterocycles. The van der Waals surface area contributed by atoms with Crippen molar-refractivity contribution in [1.82, 2.24) is 5.32 Å². The maximum Gasteiger partial charge on any atom is 0.416 e. The van der Waals surface area contributed by atoms with E-state index in [0.29, 0.717) is 5.02 Å². The quantitative estimate of drug-likeness (QED) is 0.784. The zero-order valence-corrected chi connectivity index (χ0v) is 13.7. The lowest BCUT2D eigenvalue weighted by Gasteiger charge is -2.12. The maximum atomic E-state index is 12.6. The monoisotopic (exact) mass is 372 g/mol. The summed E-state index contributed by atoms with van der Waals surface area (Å²) >= 11 is 10.7. The average molecular weight is 373 g/mol. The Bertz CT molecular complexity index is 748. The van der Waals surface area contributed by atoms with Crippen LogP contribution in [0.5, 0.6) is 0 Å². The first-order valence-corrected chi connectivity index (χ1v) is 7.55. The van der Waals surface area contributed by atoms with Gasteiger partial charge in [0.05, 0.1) is 12.0 Å². The fraction of sp³-hybridized carbons (Fsp3) is 0.125. The third-order valence-electron chi connectivity index (χ3n) is 2.98. The van der Waals surface area contributed by atoms with Crippen LogP contribution < -0.4 is 10.6 Å². The van der Waals surface area contributed by atoms with Gasteiger partial charge in [-0.15, -0.1) is 0 Å². The van der Waals surface area contributed by atoms with Gasteiger partial charge in [-0.3, -0.25) is 4.79 Å². The number of rotatable bonds is 3. The molecule has 0 atom stereocenters. The molecule has 0 aliphatic rings. The summed E-state index contributed by atoms with van der Waals surface area (Å²) in [4.78, 5) is 11.9. The Hall–Kier alpha value is -2.12. The lowest BCUT2D eigenvalue weighted by Crippen LogP contribution is -2.35. The van der Waals surface area contributed by atoms with Gasteiger partial charge >= 0.3 is 6.18 Å². The molecule has 0 fully saturated rings. The van der Waals surface area contributed by atoms with Crippen LogP contribution in [0.4, 0.5) is 18.9 Å². The van der Waals surface area contributed by atoms with Crippen molar-refractivity contribution in [3.8, 4) is 0 Å². The third-order valence-corrected chi connectivity index (χ3v) is 3.43. The second-order valence-electron chi connectivity index (χ2n) is 4.88. The maximum absolute atomic E-state index is 12.6. The molecule has 0 aromatic heterocycles. The van der Waals surface area contributed by atoms with E-state index in [-0.39, 0.29) is 23.1 Å². The summed E-state index contributed by atoms with van der Waals surface area (Å²) < 4.78 is 37.9. The number of nitrogens with one attached hydrogen (secondary N) is 2. The van der Waals surface area contributed by atoms with Crippen molar-refractivity contribution in [1.29, 1.82) is 0 Å². The lowest BCUT2D eigenvalue weighted by atomic mass is 10.1. The number of benzene rings is 2. The van der Waals surface area contributed by atoms with E-state index in [0.717, 1.165) is 17.7 Å². The van der Waals surface area contributed by atoms with Gasteiger partial charge in [0.25, 0.3) is 0 Å². The van der Waals surface area contributed by atoms with Gasteiger partial charge in [-0.2, -0.15) is 13.2 Å². The Morgan fingerprint density at radius 3 is 2.42 bits per heavy atom. The Morgan fingerprint density at radius 2 is 1.79 bits per heavy atom. The number of alkyl halides is 3. The zero-order valence-electron chi connectivity index (χ0n) is 12.2. The highest BCUT2D eigenvalue weighted by Crippen LogP contribution is 2.30. The highest BCUT2D eigenvalue weighted by atomic mass is 35.5. The highest BCUT2D eigenvalue weighted by molar-refractivity contribution is 7.80. The van der Waals surface area contributed by atoms with Gasteiger partial charge < -0.3 is 10.6 Å². The fourth-order valence-electron chi connectivity index (χ4n) is 1.89. The molecule has 0 aliphatic heterocycles. The standard InChI is InChI=1S/C16H12ClF3N2OS/c17-12-6-4-10(5-7-12)8-14(23)22-15(24)21-13-3-1-2-11(9-13)16(18,19)20/h1-7,9H,8H2,(H2,21,22,23,24). The lowest BCUT2D eigenvalue weighted by molar-refractivity contribution is -0.137. The van der Waals surface area contributed by atoms with Crippen molar-refractivity contribution in [2.45, 2.75) is 12.6 Å². The first kappa shape index (κ1) is 18.2. The van der Waals surface area contributed by atoms with Gasteiger partial charge in [0.1, 0.15) is 0 Å². The van der Waals surface area contributed by atoms with Crippen LogP contribution >= 0.6 is 23.8 Å². The van der Waals surface area contributed by atoms with Crippen molar-refractivity contribution in [3.05, 3.63) is 64.7 Å². The fourth-order valence-corrected chi connectivity index (χ4v) is 2.25. The molecule has 0 aliphatic carbocycles. The van der Waals surface area contributed by atoms with Crippen molar-refractivity contribution < 1.29 is 18.0 Å². The number of hydrogen-bond donors (Lipinski definition) is 2. The van der Waals surface area contributed by atoms with E-state index in [4.69, 9.17) is 23.8 Å². The van der Waals surface area contributed by atoms with Gasteiger partial charge in [-0.05, 0) is 48.1 Å². The van der Waals surface area contributed by atoms with E-state index in [1.54, 1.807) is 24.3 Å². The molecule has 24 heavy (non-hydrogen) atoms. The Labute approximate surface area is 146 Å². The molecule has 2 N–H and O–H groups in total. The second-order valence-corrected chi connectivity index (χ2v) is 5.73. The number of thiocarbonyl (C=S) groups is 1. The summed E-state index contributed by atoms with van der Waals surface area (Å²) in [7, 11) is 0. The molecule has 0 radical (unpaired) electrons. The van der Waals surface area contributed by atoms with Crippen LogP contribution in [0.25, 0.3) is 0 Å². The van der Waals surface area contributed by atoms with Gasteiger partial charge in [-0.1, -0.05) is 29.8 Å². The number of anilines is 1. The molecule has 1 amide bonds. The number of hydrogen-bond acceptors (Lipinski definition) is 2. The number of carbonyl (C=O) groups excluding carboxylic acids is 1. The second kappa shape index (κ2) is 7.63. The van der Waals surface area contributed by atoms with Crippen LogP contribution in [-0.4, -0.2) is 11.0 Å². The Kier molecular flexibility index (Phi) is 5.80. The van der Waals surface area contributed by atoms with Gasteiger partial charge in [0.15, 0.2) is 5.11 Å². The molecular weight excluding hydrogens is 361 g/mol. The number of amides is 1. The normalized spacial score (nSPS) is 11.0. The molecule has 3 nitrogen and oxygen atoms in total. The van der Waals surface area contributed by atoms with E-state index in [9.17, 15) is 18.0 Å². The van der Waals surface area contributed by atoms with E-state index >= 15 is 0 Å². The van der Waals surface area contributed by atoms with Crippen LogP contribution in [0, 0.1) is 0 Å². The van der Waals surface area contributed by atoms with Crippen LogP contribution in [0.15, 0.2) is 48.5 Å². The van der Waals surface area contributed by atoms with E-state index in [2.05, 4.69) is 10.6 Å². The first-order valence-electron chi connectivity index (χ1n) is 6.76. The molecule has 2 rings (SSSR count). The summed E-state index contributed by atoms with van der Waals surface area (Å²) in [5, 5.41) is 5.46. The van der Waals surface area contributed by atoms with Crippen LogP contribution in [-0.2, 0) is 17.4 Å². The minimum Gasteiger partial charge on any atom is -0.332 e. The predicted molar refractivity (Wildman–Crippen MR) is 91.0 cm³/mol. The molecule has 2 aromatic rings. The van der Waals surface area contributed by atoms with Crippen LogP contribution in [0.1, 0.15) is 11.1 Å². The van der Waals surface area contributed by atoms with Crippen molar-refractivity contribution in [2.75, 3.05) is 5.32 Å². The van der Waals surface area contributed by atoms with Crippen molar-refractivity contribution >= 4 is 40.5 Å². The van der Waals surface area contributed by atoms with Crippen LogP contribution in [0.3, 0.4) is 0 Å². The van der Waals surface area contributed by atoms with E-state index in [1.807, 2.05) is 0 Å². The SMILES string of the molecule is O=C(Cc1ccc(Cl)cc1)NC(=S)Nc1cccc(C(F)(F)F)c1. The summed E-state index contributed by atoms with van der Waals surface area (Å²) in [6.45, 7) is 0. The van der Waals surface area contributed by atoms with Gasteiger partial charge in [0.2, 0.25) is 5.91 Å². The molecule has 126 valence electrons. The molecule has 2 aromatic carbocycles. The largest absolute Gasteiger partial charge is 0.416 e. The minimum atomic E-state index is -4.45. The summed E-state index contributed by atoms with van der Waals surface area (Å²) in [5.74, 6) is -0.387. The molecule has 0 saturated heterocycles. The minimum absolute atomic E-state index is 0.0710. The van der Waals surface area contributed by atoms with Crippen LogP contribution in [0.2, 0.25) is 5.02 Å². The number of carbonyl (C=O) groups is 1. The summed E-state index contributed by atoms with van der Waals surface area (Å²) in [5.41, 5.74) is 0.0724.